The van der Waals surface area contributed by atoms with Crippen molar-refractivity contribution in [2.45, 2.75) is 18.6 Å². The summed E-state index contributed by atoms with van der Waals surface area (Å²) in [5.74, 6) is -1.00. The maximum Gasteiger partial charge on any atom is 0.329 e. The Hall–Kier alpha value is -0.880. The van der Waals surface area contributed by atoms with Gasteiger partial charge >= 0.3 is 5.97 Å². The third-order valence-electron chi connectivity index (χ3n) is 1.47. The van der Waals surface area contributed by atoms with E-state index in [2.05, 4.69) is 11.3 Å². The molecule has 76 valence electrons. The Morgan fingerprint density at radius 1 is 1.62 bits per heavy atom. The average molecular weight is 208 g/mol. The molecule has 0 amide bonds. The predicted molar refractivity (Wildman–Crippen MR) is 46.8 cm³/mol. The van der Waals surface area contributed by atoms with Crippen molar-refractivity contribution >= 4 is 16.1 Å². The van der Waals surface area contributed by atoms with E-state index in [0.717, 1.165) is 13.8 Å². The van der Waals surface area contributed by atoms with E-state index in [1.165, 1.54) is 6.08 Å². The topological polar surface area (TPSA) is 80.7 Å². The van der Waals surface area contributed by atoms with Crippen molar-refractivity contribution < 1.29 is 22.5 Å². The first-order chi connectivity index (χ1) is 5.73. The summed E-state index contributed by atoms with van der Waals surface area (Å²) in [5.41, 5.74) is 0. The van der Waals surface area contributed by atoms with Crippen molar-refractivity contribution in [3.8, 4) is 0 Å². The van der Waals surface area contributed by atoms with E-state index in [1.807, 2.05) is 0 Å². The molecule has 0 heterocycles. The molecule has 0 saturated heterocycles. The van der Waals surface area contributed by atoms with Crippen LogP contribution in [-0.2, 0) is 19.6 Å². The van der Waals surface area contributed by atoms with Gasteiger partial charge in [0.25, 0.3) is 10.1 Å². The molecule has 0 aliphatic rings. The van der Waals surface area contributed by atoms with Crippen molar-refractivity contribution in [3.05, 3.63) is 12.7 Å². The largest absolute Gasteiger partial charge is 0.460 e. The van der Waals surface area contributed by atoms with Crippen LogP contribution < -0.4 is 0 Å². The molecule has 0 aliphatic heterocycles. The molecule has 0 aliphatic carbocycles. The van der Waals surface area contributed by atoms with Crippen molar-refractivity contribution in [2.24, 2.45) is 0 Å². The van der Waals surface area contributed by atoms with E-state index in [-0.39, 0.29) is 6.61 Å². The zero-order chi connectivity index (χ0) is 10.7. The molecule has 0 bridgehead atoms. The fourth-order valence-electron chi connectivity index (χ4n) is 0.414. The quantitative estimate of drug-likeness (QED) is 0.410. The molecule has 0 saturated carbocycles. The van der Waals surface area contributed by atoms with Crippen LogP contribution in [0.5, 0.6) is 0 Å². The van der Waals surface area contributed by atoms with Crippen LogP contribution >= 0.6 is 0 Å². The van der Waals surface area contributed by atoms with Gasteiger partial charge in [0.2, 0.25) is 0 Å². The maximum absolute atomic E-state index is 11.1. The SMILES string of the molecule is C=CCOC(=O)C(C)(C)S(=O)(=O)O. The first-order valence-electron chi connectivity index (χ1n) is 3.48. The zero-order valence-corrected chi connectivity index (χ0v) is 8.30. The summed E-state index contributed by atoms with van der Waals surface area (Å²) in [6.45, 7) is 5.33. The Balaban J connectivity index is 4.65. The highest BCUT2D eigenvalue weighted by Gasteiger charge is 2.42. The number of carbonyl (C=O) groups excluding carboxylic acids is 1. The summed E-state index contributed by atoms with van der Waals surface area (Å²) in [5, 5.41) is 0. The molecular formula is C7H12O5S. The first kappa shape index (κ1) is 12.1. The van der Waals surface area contributed by atoms with E-state index in [9.17, 15) is 13.2 Å². The summed E-state index contributed by atoms with van der Waals surface area (Å²) >= 11 is 0. The van der Waals surface area contributed by atoms with Crippen molar-refractivity contribution in [2.75, 3.05) is 6.61 Å². The van der Waals surface area contributed by atoms with Gasteiger partial charge in [-0.15, -0.1) is 0 Å². The Labute approximate surface area is 77.1 Å². The van der Waals surface area contributed by atoms with Gasteiger partial charge in [0.15, 0.2) is 4.75 Å². The molecule has 0 aromatic rings. The van der Waals surface area contributed by atoms with Crippen LogP contribution in [0.3, 0.4) is 0 Å². The minimum atomic E-state index is -4.44. The van der Waals surface area contributed by atoms with E-state index in [4.69, 9.17) is 4.55 Å². The lowest BCUT2D eigenvalue weighted by Crippen LogP contribution is -2.41. The van der Waals surface area contributed by atoms with Crippen LogP contribution in [0, 0.1) is 0 Å². The Bertz CT molecular complexity index is 301. The number of ether oxygens (including phenoxy) is 1. The molecule has 0 rings (SSSR count). The normalized spacial score (nSPS) is 12.2. The lowest BCUT2D eigenvalue weighted by Gasteiger charge is -2.17. The number of rotatable bonds is 4. The van der Waals surface area contributed by atoms with Crippen LogP contribution in [-0.4, -0.2) is 30.3 Å². The zero-order valence-electron chi connectivity index (χ0n) is 7.48. The van der Waals surface area contributed by atoms with E-state index < -0.39 is 20.8 Å². The molecule has 6 heteroatoms. The summed E-state index contributed by atoms with van der Waals surface area (Å²) in [6, 6.07) is 0. The molecule has 0 aromatic carbocycles. The van der Waals surface area contributed by atoms with Gasteiger partial charge in [0.1, 0.15) is 6.61 Å². The maximum atomic E-state index is 11.1. The second-order valence-electron chi connectivity index (χ2n) is 2.87. The molecule has 0 radical (unpaired) electrons. The molecule has 0 fully saturated rings. The van der Waals surface area contributed by atoms with Gasteiger partial charge in [-0.2, -0.15) is 8.42 Å². The van der Waals surface area contributed by atoms with Crippen LogP contribution in [0.1, 0.15) is 13.8 Å². The van der Waals surface area contributed by atoms with Gasteiger partial charge in [-0.25, -0.2) is 0 Å². The minimum absolute atomic E-state index is 0.0855. The van der Waals surface area contributed by atoms with Gasteiger partial charge in [-0.1, -0.05) is 12.7 Å². The van der Waals surface area contributed by atoms with E-state index in [0.29, 0.717) is 0 Å². The van der Waals surface area contributed by atoms with Crippen LogP contribution in [0.4, 0.5) is 0 Å². The molecule has 5 nitrogen and oxygen atoms in total. The van der Waals surface area contributed by atoms with Crippen LogP contribution in [0.25, 0.3) is 0 Å². The number of hydrogen-bond acceptors (Lipinski definition) is 4. The molecule has 13 heavy (non-hydrogen) atoms. The molecule has 0 spiro atoms. The fourth-order valence-corrected chi connectivity index (χ4v) is 0.683. The standard InChI is InChI=1S/C7H12O5S/c1-4-5-12-6(8)7(2,3)13(9,10)11/h4H,1,5H2,2-3H3,(H,9,10,11). The Morgan fingerprint density at radius 2 is 2.08 bits per heavy atom. The summed E-state index contributed by atoms with van der Waals surface area (Å²) < 4.78 is 32.6. The lowest BCUT2D eigenvalue weighted by atomic mass is 10.2. The smallest absolute Gasteiger partial charge is 0.329 e. The monoisotopic (exact) mass is 208 g/mol. The molecular weight excluding hydrogens is 196 g/mol. The third-order valence-corrected chi connectivity index (χ3v) is 2.93. The van der Waals surface area contributed by atoms with E-state index >= 15 is 0 Å². The number of hydrogen-bond donors (Lipinski definition) is 1. The van der Waals surface area contributed by atoms with Crippen LogP contribution in [0.15, 0.2) is 12.7 Å². The number of carbonyl (C=O) groups is 1. The average Bonchev–Trinajstić information content (AvgIpc) is 1.97. The lowest BCUT2D eigenvalue weighted by molar-refractivity contribution is -0.144. The van der Waals surface area contributed by atoms with Gasteiger partial charge < -0.3 is 4.74 Å². The van der Waals surface area contributed by atoms with Crippen molar-refractivity contribution in [1.29, 1.82) is 0 Å². The summed E-state index contributed by atoms with van der Waals surface area (Å²) in [4.78, 5) is 11.1. The van der Waals surface area contributed by atoms with Gasteiger partial charge in [0, 0.05) is 0 Å². The van der Waals surface area contributed by atoms with Crippen molar-refractivity contribution in [3.63, 3.8) is 0 Å². The third kappa shape index (κ3) is 2.82. The molecule has 0 atom stereocenters. The van der Waals surface area contributed by atoms with Crippen LogP contribution in [0.2, 0.25) is 0 Å². The Kier molecular flexibility index (Phi) is 3.62. The van der Waals surface area contributed by atoms with Gasteiger partial charge in [-0.3, -0.25) is 9.35 Å². The van der Waals surface area contributed by atoms with Crippen molar-refractivity contribution in [1.82, 2.24) is 0 Å². The summed E-state index contributed by atoms with van der Waals surface area (Å²) in [6.07, 6.45) is 1.30. The molecule has 1 N–H and O–H groups in total. The highest BCUT2D eigenvalue weighted by atomic mass is 32.2. The van der Waals surface area contributed by atoms with E-state index in [1.54, 1.807) is 0 Å². The molecule has 0 aromatic heterocycles. The predicted octanol–water partition coefficient (Wildman–Crippen LogP) is 0.382. The Morgan fingerprint density at radius 3 is 2.38 bits per heavy atom. The van der Waals surface area contributed by atoms with Gasteiger partial charge in [-0.05, 0) is 13.8 Å². The highest BCUT2D eigenvalue weighted by molar-refractivity contribution is 7.88. The van der Waals surface area contributed by atoms with Gasteiger partial charge in [0.05, 0.1) is 0 Å². The first-order valence-corrected chi connectivity index (χ1v) is 4.92. The molecule has 0 unspecified atom stereocenters. The fraction of sp³-hybridized carbons (Fsp3) is 0.571. The number of esters is 1. The minimum Gasteiger partial charge on any atom is -0.460 e. The highest BCUT2D eigenvalue weighted by Crippen LogP contribution is 2.16. The summed E-state index contributed by atoms with van der Waals surface area (Å²) in [7, 11) is -4.44. The second kappa shape index (κ2) is 3.89. The second-order valence-corrected chi connectivity index (χ2v) is 4.84.